The normalized spacial score (nSPS) is 9.12. The van der Waals surface area contributed by atoms with E-state index in [2.05, 4.69) is 16.9 Å². The Morgan fingerprint density at radius 3 is 2.88 bits per heavy atom. The smallest absolute Gasteiger partial charge is 0.265 e. The Balaban J connectivity index is 3.48. The minimum Gasteiger partial charge on any atom is -0.328 e. The average Bonchev–Trinajstić information content (AvgIpc) is 1.68. The first-order valence-electron chi connectivity index (χ1n) is 2.15. The van der Waals surface area contributed by atoms with Crippen molar-refractivity contribution in [1.29, 1.82) is 0 Å². The molecule has 8 heavy (non-hydrogen) atoms. The van der Waals surface area contributed by atoms with E-state index < -0.39 is 0 Å². The molecule has 0 fully saturated rings. The molecule has 0 radical (unpaired) electrons. The molecule has 0 rings (SSSR count). The van der Waals surface area contributed by atoms with Crippen LogP contribution in [0.1, 0.15) is 0 Å². The zero-order valence-corrected chi connectivity index (χ0v) is 4.72. The standard InChI is InChI=1S/C5H8N2O/c1-3-7-5(8)4-6-2/h3-4H,1H2,2H3,(H,7,8)/b6-4-. The molecule has 1 N–H and O–H groups in total. The molecule has 0 aromatic heterocycles. The van der Waals surface area contributed by atoms with Crippen molar-refractivity contribution in [2.24, 2.45) is 4.99 Å². The van der Waals surface area contributed by atoms with Gasteiger partial charge in [-0.1, -0.05) is 6.58 Å². The van der Waals surface area contributed by atoms with E-state index in [1.807, 2.05) is 0 Å². The fourth-order valence-corrected chi connectivity index (χ4v) is 0.255. The molecule has 0 aliphatic rings. The summed E-state index contributed by atoms with van der Waals surface area (Å²) in [5.74, 6) is -0.248. The number of hydrogen-bond acceptors (Lipinski definition) is 2. The average molecular weight is 112 g/mol. The summed E-state index contributed by atoms with van der Waals surface area (Å²) in [6.07, 6.45) is 2.49. The number of amides is 1. The van der Waals surface area contributed by atoms with Crippen LogP contribution < -0.4 is 5.32 Å². The van der Waals surface area contributed by atoms with Gasteiger partial charge in [-0.25, -0.2) is 0 Å². The number of aliphatic imine (C=N–C) groups is 1. The van der Waals surface area contributed by atoms with Crippen molar-refractivity contribution < 1.29 is 4.79 Å². The molecular weight excluding hydrogens is 104 g/mol. The van der Waals surface area contributed by atoms with Gasteiger partial charge in [-0.15, -0.1) is 0 Å². The van der Waals surface area contributed by atoms with Gasteiger partial charge >= 0.3 is 0 Å². The van der Waals surface area contributed by atoms with Crippen molar-refractivity contribution in [1.82, 2.24) is 5.32 Å². The molecule has 0 unspecified atom stereocenters. The Kier molecular flexibility index (Phi) is 3.48. The second kappa shape index (κ2) is 4.05. The molecule has 0 aliphatic heterocycles. The molecule has 44 valence electrons. The van der Waals surface area contributed by atoms with Crippen molar-refractivity contribution >= 4 is 12.1 Å². The van der Waals surface area contributed by atoms with E-state index in [9.17, 15) is 4.79 Å². The van der Waals surface area contributed by atoms with Crippen molar-refractivity contribution in [3.8, 4) is 0 Å². The number of hydrogen-bond donors (Lipinski definition) is 1. The minimum atomic E-state index is -0.248. The zero-order chi connectivity index (χ0) is 6.41. The van der Waals surface area contributed by atoms with Gasteiger partial charge in [0.25, 0.3) is 5.91 Å². The highest BCUT2D eigenvalue weighted by molar-refractivity contribution is 6.26. The van der Waals surface area contributed by atoms with Gasteiger partial charge in [0, 0.05) is 7.05 Å². The predicted molar refractivity (Wildman–Crippen MR) is 32.8 cm³/mol. The van der Waals surface area contributed by atoms with Gasteiger partial charge in [-0.05, 0) is 6.20 Å². The third-order valence-corrected chi connectivity index (χ3v) is 0.491. The Hall–Kier alpha value is -1.12. The van der Waals surface area contributed by atoms with Gasteiger partial charge in [0.1, 0.15) is 0 Å². The van der Waals surface area contributed by atoms with E-state index in [0.29, 0.717) is 0 Å². The second-order valence-corrected chi connectivity index (χ2v) is 1.10. The molecule has 3 heteroatoms. The van der Waals surface area contributed by atoms with E-state index in [-0.39, 0.29) is 5.91 Å². The molecule has 0 aromatic carbocycles. The van der Waals surface area contributed by atoms with E-state index in [4.69, 9.17) is 0 Å². The van der Waals surface area contributed by atoms with Gasteiger partial charge in [0.15, 0.2) is 0 Å². The third kappa shape index (κ3) is 3.08. The quantitative estimate of drug-likeness (QED) is 0.500. The molecule has 0 saturated heterocycles. The molecule has 0 saturated carbocycles. The Bertz CT molecular complexity index is 118. The summed E-state index contributed by atoms with van der Waals surface area (Å²) >= 11 is 0. The van der Waals surface area contributed by atoms with E-state index >= 15 is 0 Å². The summed E-state index contributed by atoms with van der Waals surface area (Å²) in [7, 11) is 1.53. The first kappa shape index (κ1) is 6.88. The van der Waals surface area contributed by atoms with Crippen LogP contribution in [-0.2, 0) is 4.79 Å². The summed E-state index contributed by atoms with van der Waals surface area (Å²) in [5, 5.41) is 2.32. The van der Waals surface area contributed by atoms with Crippen molar-refractivity contribution in [2.45, 2.75) is 0 Å². The number of nitrogens with zero attached hydrogens (tertiary/aromatic N) is 1. The maximum Gasteiger partial charge on any atom is 0.265 e. The van der Waals surface area contributed by atoms with Crippen LogP contribution in [0.5, 0.6) is 0 Å². The lowest BCUT2D eigenvalue weighted by Gasteiger charge is -1.86. The van der Waals surface area contributed by atoms with Crippen molar-refractivity contribution in [2.75, 3.05) is 7.05 Å². The van der Waals surface area contributed by atoms with Gasteiger partial charge < -0.3 is 5.32 Å². The van der Waals surface area contributed by atoms with E-state index in [1.54, 1.807) is 0 Å². The molecule has 0 atom stereocenters. The van der Waals surface area contributed by atoms with Crippen LogP contribution in [0.15, 0.2) is 17.8 Å². The second-order valence-electron chi connectivity index (χ2n) is 1.10. The van der Waals surface area contributed by atoms with Gasteiger partial charge in [-0.2, -0.15) is 0 Å². The van der Waals surface area contributed by atoms with Crippen LogP contribution in [0.2, 0.25) is 0 Å². The molecular formula is C5H8N2O. The van der Waals surface area contributed by atoms with Crippen LogP contribution in [0.4, 0.5) is 0 Å². The number of nitrogens with one attached hydrogen (secondary N) is 1. The molecule has 0 bridgehead atoms. The minimum absolute atomic E-state index is 0.248. The Labute approximate surface area is 48.1 Å². The molecule has 1 amide bonds. The number of rotatable bonds is 2. The molecule has 3 nitrogen and oxygen atoms in total. The van der Waals surface area contributed by atoms with Gasteiger partial charge in [0.2, 0.25) is 0 Å². The lowest BCUT2D eigenvalue weighted by Crippen LogP contribution is -2.16. The van der Waals surface area contributed by atoms with E-state index in [1.165, 1.54) is 19.5 Å². The summed E-state index contributed by atoms with van der Waals surface area (Å²) in [4.78, 5) is 13.8. The lowest BCUT2D eigenvalue weighted by atomic mass is 10.6. The van der Waals surface area contributed by atoms with Crippen LogP contribution in [-0.4, -0.2) is 19.2 Å². The Morgan fingerprint density at radius 2 is 2.50 bits per heavy atom. The molecule has 0 aliphatic carbocycles. The van der Waals surface area contributed by atoms with Crippen LogP contribution in [0.3, 0.4) is 0 Å². The monoisotopic (exact) mass is 112 g/mol. The maximum atomic E-state index is 10.3. The number of carbonyl (C=O) groups excluding carboxylic acids is 1. The highest BCUT2D eigenvalue weighted by atomic mass is 16.1. The third-order valence-electron chi connectivity index (χ3n) is 0.491. The Morgan fingerprint density at radius 1 is 1.88 bits per heavy atom. The van der Waals surface area contributed by atoms with Gasteiger partial charge in [0.05, 0.1) is 6.21 Å². The van der Waals surface area contributed by atoms with Crippen LogP contribution in [0, 0.1) is 0 Å². The fourth-order valence-electron chi connectivity index (χ4n) is 0.255. The van der Waals surface area contributed by atoms with E-state index in [0.717, 1.165) is 0 Å². The molecule has 0 spiro atoms. The fraction of sp³-hybridized carbons (Fsp3) is 0.200. The summed E-state index contributed by atoms with van der Waals surface area (Å²) in [6, 6.07) is 0. The maximum absolute atomic E-state index is 10.3. The predicted octanol–water partition coefficient (Wildman–Crippen LogP) is -0.0533. The SMILES string of the molecule is C=CNC(=O)/C=N\C. The summed E-state index contributed by atoms with van der Waals surface area (Å²) in [6.45, 7) is 3.29. The summed E-state index contributed by atoms with van der Waals surface area (Å²) < 4.78 is 0. The first-order chi connectivity index (χ1) is 3.81. The molecule has 0 heterocycles. The highest BCUT2D eigenvalue weighted by Gasteiger charge is 1.85. The number of carbonyl (C=O) groups is 1. The van der Waals surface area contributed by atoms with Crippen LogP contribution >= 0.6 is 0 Å². The topological polar surface area (TPSA) is 41.5 Å². The van der Waals surface area contributed by atoms with Crippen molar-refractivity contribution in [3.63, 3.8) is 0 Å². The van der Waals surface area contributed by atoms with Crippen molar-refractivity contribution in [3.05, 3.63) is 12.8 Å². The highest BCUT2D eigenvalue weighted by Crippen LogP contribution is 1.57. The first-order valence-corrected chi connectivity index (χ1v) is 2.15. The largest absolute Gasteiger partial charge is 0.328 e. The van der Waals surface area contributed by atoms with Gasteiger partial charge in [-0.3, -0.25) is 9.79 Å². The van der Waals surface area contributed by atoms with Crippen LogP contribution in [0.25, 0.3) is 0 Å². The lowest BCUT2D eigenvalue weighted by molar-refractivity contribution is -0.113. The summed E-state index contributed by atoms with van der Waals surface area (Å²) in [5.41, 5.74) is 0. The zero-order valence-electron chi connectivity index (χ0n) is 4.72. The molecule has 0 aromatic rings.